The number of benzene rings is 2. The van der Waals surface area contributed by atoms with E-state index in [-0.39, 0.29) is 11.5 Å². The fourth-order valence-corrected chi connectivity index (χ4v) is 2.83. The number of nitro groups is 1. The number of nitrogens with zero attached hydrogens (tertiary/aromatic N) is 2. The molecule has 0 aromatic heterocycles. The van der Waals surface area contributed by atoms with E-state index in [1.165, 1.54) is 18.6 Å². The molecule has 0 radical (unpaired) electrons. The number of ketones is 1. The topological polar surface area (TPSA) is 75.5 Å². The number of rotatable bonds is 5. The molecule has 0 fully saturated rings. The van der Waals surface area contributed by atoms with E-state index in [0.29, 0.717) is 11.3 Å². The molecule has 1 N–H and O–H groups in total. The largest absolute Gasteiger partial charge is 0.376 e. The molecule has 6 nitrogen and oxygen atoms in total. The summed E-state index contributed by atoms with van der Waals surface area (Å²) < 4.78 is 0. The van der Waals surface area contributed by atoms with E-state index in [9.17, 15) is 14.9 Å². The Labute approximate surface area is 151 Å². The molecule has 0 aliphatic carbocycles. The fraction of sp³-hybridized carbons (Fsp3) is 0.150. The molecular formula is C20H19N3O3. The normalized spacial score (nSPS) is 13.3. The van der Waals surface area contributed by atoms with Gasteiger partial charge >= 0.3 is 0 Å². The Morgan fingerprint density at radius 2 is 2.04 bits per heavy atom. The van der Waals surface area contributed by atoms with Gasteiger partial charge in [0.15, 0.2) is 5.78 Å². The van der Waals surface area contributed by atoms with Crippen LogP contribution in [0.2, 0.25) is 0 Å². The van der Waals surface area contributed by atoms with Crippen LogP contribution in [0.15, 0.2) is 60.8 Å². The van der Waals surface area contributed by atoms with Crippen molar-refractivity contribution < 1.29 is 9.72 Å². The summed E-state index contributed by atoms with van der Waals surface area (Å²) in [7, 11) is 2.01. The second-order valence-corrected chi connectivity index (χ2v) is 6.20. The molecule has 132 valence electrons. The lowest BCUT2D eigenvalue weighted by molar-refractivity contribution is -0.383. The third kappa shape index (κ3) is 3.80. The van der Waals surface area contributed by atoms with Gasteiger partial charge in [0.05, 0.1) is 4.92 Å². The summed E-state index contributed by atoms with van der Waals surface area (Å²) in [6, 6.07) is 12.2. The highest BCUT2D eigenvalue weighted by molar-refractivity contribution is 5.95. The summed E-state index contributed by atoms with van der Waals surface area (Å²) in [5.74, 6) is -0.206. The second kappa shape index (κ2) is 7.23. The van der Waals surface area contributed by atoms with E-state index in [2.05, 4.69) is 16.3 Å². The minimum absolute atomic E-state index is 0.123. The van der Waals surface area contributed by atoms with Gasteiger partial charge in [-0.2, -0.15) is 0 Å². The number of carbonyl (C=O) groups excluding carboxylic acids is 1. The third-order valence-corrected chi connectivity index (χ3v) is 4.17. The van der Waals surface area contributed by atoms with Gasteiger partial charge < -0.3 is 10.2 Å². The van der Waals surface area contributed by atoms with Crippen molar-refractivity contribution in [1.29, 1.82) is 0 Å². The van der Waals surface area contributed by atoms with E-state index in [1.807, 2.05) is 43.6 Å². The molecule has 2 aromatic rings. The number of hydrogen-bond donors (Lipinski definition) is 1. The van der Waals surface area contributed by atoms with Gasteiger partial charge in [0.2, 0.25) is 0 Å². The Bertz CT molecular complexity index is 932. The Morgan fingerprint density at radius 1 is 1.23 bits per heavy atom. The lowest BCUT2D eigenvalue weighted by atomic mass is 10.0. The summed E-state index contributed by atoms with van der Waals surface area (Å²) >= 11 is 0. The predicted octanol–water partition coefficient (Wildman–Crippen LogP) is 4.38. The van der Waals surface area contributed by atoms with Crippen LogP contribution in [0.4, 0.5) is 17.1 Å². The zero-order valence-corrected chi connectivity index (χ0v) is 14.6. The van der Waals surface area contributed by atoms with E-state index >= 15 is 0 Å². The second-order valence-electron chi connectivity index (χ2n) is 6.20. The molecule has 1 heterocycles. The average Bonchev–Trinajstić information content (AvgIpc) is 2.62. The molecule has 6 heteroatoms. The van der Waals surface area contributed by atoms with Crippen LogP contribution in [-0.4, -0.2) is 29.2 Å². The number of Topliss-reactive ketones (excluding diaryl/α,β-unsaturated/α-hetero) is 1. The molecule has 0 amide bonds. The molecule has 1 aliphatic heterocycles. The first-order valence-corrected chi connectivity index (χ1v) is 8.18. The van der Waals surface area contributed by atoms with Gasteiger partial charge in [-0.1, -0.05) is 18.2 Å². The average molecular weight is 349 g/mol. The van der Waals surface area contributed by atoms with Crippen LogP contribution in [0.5, 0.6) is 0 Å². The predicted molar refractivity (Wildman–Crippen MR) is 103 cm³/mol. The highest BCUT2D eigenvalue weighted by Gasteiger charge is 2.17. The molecule has 0 saturated heterocycles. The smallest absolute Gasteiger partial charge is 0.293 e. The molecule has 26 heavy (non-hydrogen) atoms. The van der Waals surface area contributed by atoms with Crippen molar-refractivity contribution in [2.24, 2.45) is 0 Å². The molecule has 0 atom stereocenters. The highest BCUT2D eigenvalue weighted by atomic mass is 16.6. The van der Waals surface area contributed by atoms with Gasteiger partial charge in [-0.15, -0.1) is 0 Å². The molecule has 2 aromatic carbocycles. The third-order valence-electron chi connectivity index (χ3n) is 4.17. The van der Waals surface area contributed by atoms with Crippen molar-refractivity contribution in [3.8, 4) is 0 Å². The maximum absolute atomic E-state index is 11.5. The quantitative estimate of drug-likeness (QED) is 0.492. The first kappa shape index (κ1) is 17.4. The minimum Gasteiger partial charge on any atom is -0.376 e. The summed E-state index contributed by atoms with van der Waals surface area (Å²) in [6.45, 7) is 2.19. The van der Waals surface area contributed by atoms with Gasteiger partial charge in [0.25, 0.3) is 5.69 Å². The molecule has 1 aliphatic rings. The van der Waals surface area contributed by atoms with E-state index < -0.39 is 4.92 Å². The maximum Gasteiger partial charge on any atom is 0.293 e. The van der Waals surface area contributed by atoms with Crippen molar-refractivity contribution in [3.63, 3.8) is 0 Å². The maximum atomic E-state index is 11.5. The van der Waals surface area contributed by atoms with Crippen molar-refractivity contribution in [3.05, 3.63) is 82.1 Å². The van der Waals surface area contributed by atoms with Crippen LogP contribution >= 0.6 is 0 Å². The van der Waals surface area contributed by atoms with E-state index in [0.717, 1.165) is 17.8 Å². The number of nitrogens with one attached hydrogen (secondary N) is 1. The molecule has 0 spiro atoms. The summed E-state index contributed by atoms with van der Waals surface area (Å²) in [4.78, 5) is 24.4. The zero-order chi connectivity index (χ0) is 18.7. The first-order valence-electron chi connectivity index (χ1n) is 8.18. The number of allylic oxidation sites excluding steroid dienone is 2. The molecule has 3 rings (SSSR count). The van der Waals surface area contributed by atoms with Crippen LogP contribution in [-0.2, 0) is 0 Å². The molecular weight excluding hydrogens is 330 g/mol. The summed E-state index contributed by atoms with van der Waals surface area (Å²) in [5, 5.41) is 14.5. The van der Waals surface area contributed by atoms with E-state index in [4.69, 9.17) is 0 Å². The van der Waals surface area contributed by atoms with Crippen LogP contribution in [0.25, 0.3) is 5.57 Å². The van der Waals surface area contributed by atoms with Crippen LogP contribution < -0.4 is 5.32 Å². The van der Waals surface area contributed by atoms with Crippen LogP contribution in [0.1, 0.15) is 22.8 Å². The number of anilines is 2. The highest BCUT2D eigenvalue weighted by Crippen LogP contribution is 2.30. The van der Waals surface area contributed by atoms with Gasteiger partial charge in [-0.05, 0) is 54.6 Å². The number of hydrogen-bond acceptors (Lipinski definition) is 5. The summed E-state index contributed by atoms with van der Waals surface area (Å²) in [5.41, 5.74) is 3.51. The number of likely N-dealkylation sites (N-methyl/N-ethyl adjacent to an activating group) is 1. The Morgan fingerprint density at radius 3 is 2.73 bits per heavy atom. The molecule has 0 saturated carbocycles. The van der Waals surface area contributed by atoms with Crippen LogP contribution in [0.3, 0.4) is 0 Å². The lowest BCUT2D eigenvalue weighted by Gasteiger charge is -2.20. The minimum atomic E-state index is -0.484. The monoisotopic (exact) mass is 349 g/mol. The van der Waals surface area contributed by atoms with Crippen molar-refractivity contribution >= 4 is 28.4 Å². The first-order chi connectivity index (χ1) is 12.4. The molecule has 0 unspecified atom stereocenters. The van der Waals surface area contributed by atoms with Crippen molar-refractivity contribution in [2.45, 2.75) is 6.92 Å². The standard InChI is InChI=1S/C20H19N3O3/c1-14(24)15-8-9-19(20(12-15)23(25)26)21-18-7-3-5-16(11-18)17-6-4-10-22(2)13-17/h3-12,21H,13H2,1-2H3. The van der Waals surface area contributed by atoms with Gasteiger partial charge in [-0.3, -0.25) is 14.9 Å². The number of nitro benzene ring substituents is 1. The number of carbonyl (C=O) groups is 1. The summed E-state index contributed by atoms with van der Waals surface area (Å²) in [6.07, 6.45) is 6.05. The van der Waals surface area contributed by atoms with Crippen molar-refractivity contribution in [2.75, 3.05) is 18.9 Å². The Kier molecular flexibility index (Phi) is 4.84. The van der Waals surface area contributed by atoms with Crippen LogP contribution in [0, 0.1) is 10.1 Å². The van der Waals surface area contributed by atoms with Gasteiger partial charge in [-0.25, -0.2) is 0 Å². The Hall–Kier alpha value is -3.41. The zero-order valence-electron chi connectivity index (χ0n) is 14.6. The Balaban J connectivity index is 1.91. The van der Waals surface area contributed by atoms with E-state index in [1.54, 1.807) is 12.1 Å². The van der Waals surface area contributed by atoms with Crippen molar-refractivity contribution in [1.82, 2.24) is 4.90 Å². The SMILES string of the molecule is CC(=O)c1ccc(Nc2cccc(C3=CC=CN(C)C3)c2)c([N+](=O)[O-])c1. The fourth-order valence-electron chi connectivity index (χ4n) is 2.83. The van der Waals surface area contributed by atoms with Gasteiger partial charge in [0, 0.05) is 30.9 Å². The lowest BCUT2D eigenvalue weighted by Crippen LogP contribution is -2.16. The van der Waals surface area contributed by atoms with Gasteiger partial charge in [0.1, 0.15) is 5.69 Å². The molecule has 0 bridgehead atoms.